The maximum Gasteiger partial charge on any atom is 0.135 e. The van der Waals surface area contributed by atoms with Gasteiger partial charge in [0.15, 0.2) is 0 Å². The Morgan fingerprint density at radius 3 is 1.59 bits per heavy atom. The number of anilines is 3. The zero-order valence-corrected chi connectivity index (χ0v) is 35.0. The highest BCUT2D eigenvalue weighted by atomic mass is 16.3. The Balaban J connectivity index is 1.09. The van der Waals surface area contributed by atoms with Crippen molar-refractivity contribution in [3.05, 3.63) is 249 Å². The average Bonchev–Trinajstić information content (AvgIpc) is 3.75. The van der Waals surface area contributed by atoms with E-state index in [0.29, 0.717) is 0 Å². The van der Waals surface area contributed by atoms with Crippen molar-refractivity contribution in [3.63, 3.8) is 0 Å². The summed E-state index contributed by atoms with van der Waals surface area (Å²) in [5.41, 5.74) is 16.6. The standard InChI is InChI=1S/C62H41NO/c1-2-18-42(19-3-1)47-24-6-7-26-51(47)53-27-8-9-28-54(53)56-29-11-14-34-60(56)63(59-33-13-10-25-50(59)45-37-39-62-58(41-45)57-30-12-15-35-61(57)64-62)46-22-16-21-44(40-46)49-31-17-32-52-48-23-5-4-20-43(48)36-38-55(49)52/h1-41H. The van der Waals surface area contributed by atoms with E-state index in [2.05, 4.69) is 241 Å². The van der Waals surface area contributed by atoms with Crippen molar-refractivity contribution in [3.8, 4) is 55.6 Å². The molecule has 0 N–H and O–H groups in total. The summed E-state index contributed by atoms with van der Waals surface area (Å²) in [6, 6.07) is 89.9. The summed E-state index contributed by atoms with van der Waals surface area (Å²) < 4.78 is 6.31. The van der Waals surface area contributed by atoms with Crippen LogP contribution in [0.2, 0.25) is 0 Å². The quantitative estimate of drug-likeness (QED) is 0.142. The molecule has 11 aromatic carbocycles. The fraction of sp³-hybridized carbons (Fsp3) is 0. The molecule has 2 nitrogen and oxygen atoms in total. The van der Waals surface area contributed by atoms with Gasteiger partial charge in [-0.05, 0) is 109 Å². The van der Waals surface area contributed by atoms with Crippen molar-refractivity contribution in [2.45, 2.75) is 0 Å². The zero-order chi connectivity index (χ0) is 42.4. The summed E-state index contributed by atoms with van der Waals surface area (Å²) in [5, 5.41) is 7.21. The SMILES string of the molecule is c1ccc(-c2ccccc2-c2ccccc2-c2ccccc2N(c2cccc(-c3cccc4c3ccc3ccccc34)c2)c2ccccc2-c2ccc3oc4ccccc4c3c2)cc1. The number of hydrogen-bond acceptors (Lipinski definition) is 2. The second-order valence-corrected chi connectivity index (χ2v) is 16.4. The van der Waals surface area contributed by atoms with E-state index in [4.69, 9.17) is 4.42 Å². The first kappa shape index (κ1) is 37.3. The van der Waals surface area contributed by atoms with Gasteiger partial charge in [0.1, 0.15) is 11.2 Å². The van der Waals surface area contributed by atoms with Gasteiger partial charge in [0.2, 0.25) is 0 Å². The van der Waals surface area contributed by atoms with E-state index in [1.54, 1.807) is 0 Å². The zero-order valence-electron chi connectivity index (χ0n) is 35.0. The summed E-state index contributed by atoms with van der Waals surface area (Å²) >= 11 is 0. The third kappa shape index (κ3) is 6.44. The number of rotatable bonds is 8. The highest BCUT2D eigenvalue weighted by Gasteiger charge is 2.23. The first-order chi connectivity index (χ1) is 31.8. The molecule has 0 amide bonds. The van der Waals surface area contributed by atoms with Crippen molar-refractivity contribution >= 4 is 60.5 Å². The minimum atomic E-state index is 0.882. The molecule has 0 bridgehead atoms. The van der Waals surface area contributed by atoms with Gasteiger partial charge in [-0.15, -0.1) is 0 Å². The number of hydrogen-bond donors (Lipinski definition) is 0. The van der Waals surface area contributed by atoms with Crippen molar-refractivity contribution in [1.29, 1.82) is 0 Å². The van der Waals surface area contributed by atoms with Crippen molar-refractivity contribution in [1.82, 2.24) is 0 Å². The Hall–Kier alpha value is -8.46. The molecule has 64 heavy (non-hydrogen) atoms. The minimum Gasteiger partial charge on any atom is -0.456 e. The Labute approximate surface area is 372 Å². The van der Waals surface area contributed by atoms with Gasteiger partial charge in [0.25, 0.3) is 0 Å². The van der Waals surface area contributed by atoms with E-state index in [9.17, 15) is 0 Å². The summed E-state index contributed by atoms with van der Waals surface area (Å²) in [7, 11) is 0. The van der Waals surface area contributed by atoms with Crippen LogP contribution >= 0.6 is 0 Å². The summed E-state index contributed by atoms with van der Waals surface area (Å²) in [4.78, 5) is 2.46. The van der Waals surface area contributed by atoms with Crippen molar-refractivity contribution in [2.75, 3.05) is 4.90 Å². The van der Waals surface area contributed by atoms with E-state index >= 15 is 0 Å². The largest absolute Gasteiger partial charge is 0.456 e. The molecule has 12 aromatic rings. The van der Waals surface area contributed by atoms with E-state index in [0.717, 1.165) is 66.8 Å². The maximum absolute atomic E-state index is 6.31. The summed E-state index contributed by atoms with van der Waals surface area (Å²) in [5.74, 6) is 0. The minimum absolute atomic E-state index is 0.882. The Bertz CT molecular complexity index is 3690. The fourth-order valence-corrected chi connectivity index (χ4v) is 9.76. The number of furan rings is 1. The van der Waals surface area contributed by atoms with Crippen LogP contribution < -0.4 is 4.90 Å². The molecule has 0 atom stereocenters. The van der Waals surface area contributed by atoms with E-state index < -0.39 is 0 Å². The molecule has 0 aliphatic heterocycles. The lowest BCUT2D eigenvalue weighted by Gasteiger charge is -2.31. The van der Waals surface area contributed by atoms with Crippen LogP contribution in [0.1, 0.15) is 0 Å². The van der Waals surface area contributed by atoms with Gasteiger partial charge in [0.05, 0.1) is 11.4 Å². The van der Waals surface area contributed by atoms with Crippen LogP contribution in [0.25, 0.3) is 99.1 Å². The molecule has 0 fully saturated rings. The van der Waals surface area contributed by atoms with Crippen LogP contribution in [0.4, 0.5) is 17.1 Å². The number of benzene rings is 11. The average molecular weight is 816 g/mol. The number of nitrogens with zero attached hydrogens (tertiary/aromatic N) is 1. The van der Waals surface area contributed by atoms with Crippen LogP contribution in [-0.4, -0.2) is 0 Å². The molecule has 1 heterocycles. The predicted molar refractivity (Wildman–Crippen MR) is 271 cm³/mol. The molecule has 1 aromatic heterocycles. The first-order valence-electron chi connectivity index (χ1n) is 21.9. The molecule has 0 aliphatic carbocycles. The van der Waals surface area contributed by atoms with Gasteiger partial charge in [-0.25, -0.2) is 0 Å². The van der Waals surface area contributed by atoms with Gasteiger partial charge in [-0.2, -0.15) is 0 Å². The van der Waals surface area contributed by atoms with Crippen LogP contribution in [0, 0.1) is 0 Å². The molecule has 0 aliphatic rings. The summed E-state index contributed by atoms with van der Waals surface area (Å²) in [6.07, 6.45) is 0. The van der Waals surface area contributed by atoms with Crippen molar-refractivity contribution < 1.29 is 4.42 Å². The predicted octanol–water partition coefficient (Wildman–Crippen LogP) is 17.7. The van der Waals surface area contributed by atoms with Crippen LogP contribution in [0.5, 0.6) is 0 Å². The Kier molecular flexibility index (Phi) is 9.20. The monoisotopic (exact) mass is 815 g/mol. The number of para-hydroxylation sites is 3. The van der Waals surface area contributed by atoms with Gasteiger partial charge < -0.3 is 9.32 Å². The van der Waals surface area contributed by atoms with Crippen LogP contribution in [0.15, 0.2) is 253 Å². The van der Waals surface area contributed by atoms with Gasteiger partial charge in [0, 0.05) is 27.6 Å². The lowest BCUT2D eigenvalue weighted by atomic mass is 9.88. The molecule has 0 spiro atoms. The molecule has 0 saturated carbocycles. The first-order valence-corrected chi connectivity index (χ1v) is 21.9. The lowest BCUT2D eigenvalue weighted by Crippen LogP contribution is -2.12. The lowest BCUT2D eigenvalue weighted by molar-refractivity contribution is 0.669. The smallest absolute Gasteiger partial charge is 0.135 e. The molecule has 0 unspecified atom stereocenters. The number of fused-ring (bicyclic) bond motifs is 6. The van der Waals surface area contributed by atoms with Gasteiger partial charge in [-0.1, -0.05) is 206 Å². The highest BCUT2D eigenvalue weighted by Crippen LogP contribution is 2.48. The molecule has 2 heteroatoms. The van der Waals surface area contributed by atoms with Gasteiger partial charge >= 0.3 is 0 Å². The molecule has 12 rings (SSSR count). The second-order valence-electron chi connectivity index (χ2n) is 16.4. The van der Waals surface area contributed by atoms with Crippen LogP contribution in [-0.2, 0) is 0 Å². The molecule has 0 saturated heterocycles. The Morgan fingerprint density at radius 1 is 0.250 bits per heavy atom. The van der Waals surface area contributed by atoms with E-state index in [1.165, 1.54) is 49.4 Å². The molecular weight excluding hydrogens is 775 g/mol. The second kappa shape index (κ2) is 15.8. The fourth-order valence-electron chi connectivity index (χ4n) is 9.76. The molecule has 300 valence electrons. The molecule has 0 radical (unpaired) electrons. The van der Waals surface area contributed by atoms with Gasteiger partial charge in [-0.3, -0.25) is 0 Å². The van der Waals surface area contributed by atoms with Crippen LogP contribution in [0.3, 0.4) is 0 Å². The summed E-state index contributed by atoms with van der Waals surface area (Å²) in [6.45, 7) is 0. The van der Waals surface area contributed by atoms with Crippen molar-refractivity contribution in [2.24, 2.45) is 0 Å². The normalized spacial score (nSPS) is 11.4. The van der Waals surface area contributed by atoms with E-state index in [-0.39, 0.29) is 0 Å². The molecular formula is C62H41NO. The Morgan fingerprint density at radius 2 is 0.781 bits per heavy atom. The van der Waals surface area contributed by atoms with E-state index in [1.807, 2.05) is 12.1 Å². The third-order valence-corrected chi connectivity index (χ3v) is 12.7. The third-order valence-electron chi connectivity index (χ3n) is 12.7. The maximum atomic E-state index is 6.31. The topological polar surface area (TPSA) is 16.4 Å². The highest BCUT2D eigenvalue weighted by molar-refractivity contribution is 6.12.